The number of H-pyrrole nitrogens is 1. The second-order valence-corrected chi connectivity index (χ2v) is 5.10. The van der Waals surface area contributed by atoms with E-state index in [1.54, 1.807) is 0 Å². The number of hydrogen-bond acceptors (Lipinski definition) is 2. The molecule has 0 aliphatic rings. The lowest BCUT2D eigenvalue weighted by Gasteiger charge is -2.10. The molecule has 0 radical (unpaired) electrons. The van der Waals surface area contributed by atoms with E-state index in [2.05, 4.69) is 16.9 Å². The summed E-state index contributed by atoms with van der Waals surface area (Å²) in [6.45, 7) is 6.02. The van der Waals surface area contributed by atoms with Crippen molar-refractivity contribution in [1.29, 1.82) is 0 Å². The van der Waals surface area contributed by atoms with Gasteiger partial charge in [0, 0.05) is 17.0 Å². The number of aromatic amines is 1. The Labute approximate surface area is 117 Å². The average molecular weight is 279 g/mol. The van der Waals surface area contributed by atoms with E-state index in [1.165, 1.54) is 0 Å². The Morgan fingerprint density at radius 1 is 1.33 bits per heavy atom. The lowest BCUT2D eigenvalue weighted by atomic mass is 10.1. The third-order valence-electron chi connectivity index (χ3n) is 3.00. The first-order chi connectivity index (χ1) is 8.52. The van der Waals surface area contributed by atoms with Gasteiger partial charge < -0.3 is 4.98 Å². The first kappa shape index (κ1) is 13.2. The molecule has 0 saturated heterocycles. The molecule has 0 fully saturated rings. The van der Waals surface area contributed by atoms with Crippen molar-refractivity contribution in [2.45, 2.75) is 27.2 Å². The molecule has 0 aliphatic heterocycles. The summed E-state index contributed by atoms with van der Waals surface area (Å²) in [4.78, 5) is 7.67. The molecule has 2 nitrogen and oxygen atoms in total. The lowest BCUT2D eigenvalue weighted by molar-refractivity contribution is 0.926. The highest BCUT2D eigenvalue weighted by Gasteiger charge is 2.08. The third-order valence-corrected chi connectivity index (χ3v) is 3.80. The van der Waals surface area contributed by atoms with Crippen LogP contribution >= 0.6 is 23.8 Å². The molecule has 1 aromatic carbocycles. The minimum atomic E-state index is 0.650. The van der Waals surface area contributed by atoms with Crippen molar-refractivity contribution in [2.75, 3.05) is 0 Å². The van der Waals surface area contributed by atoms with E-state index in [1.807, 2.05) is 32.0 Å². The zero-order chi connectivity index (χ0) is 13.3. The fourth-order valence-electron chi connectivity index (χ4n) is 1.78. The molecule has 1 heterocycles. The van der Waals surface area contributed by atoms with Gasteiger partial charge in [0.15, 0.2) is 0 Å². The Hall–Kier alpha value is -1.19. The first-order valence-corrected chi connectivity index (χ1v) is 6.68. The highest BCUT2D eigenvalue weighted by atomic mass is 35.5. The quantitative estimate of drug-likeness (QED) is 0.811. The zero-order valence-corrected chi connectivity index (χ0v) is 12.2. The number of hydrogen-bond donors (Lipinski definition) is 1. The Morgan fingerprint density at radius 3 is 2.67 bits per heavy atom. The molecular weight excluding hydrogens is 264 g/mol. The van der Waals surface area contributed by atoms with E-state index < -0.39 is 0 Å². The Kier molecular flexibility index (Phi) is 3.83. The van der Waals surface area contributed by atoms with Crippen molar-refractivity contribution in [1.82, 2.24) is 9.97 Å². The van der Waals surface area contributed by atoms with Gasteiger partial charge in [0.25, 0.3) is 0 Å². The molecule has 0 bridgehead atoms. The second-order valence-electron chi connectivity index (χ2n) is 4.31. The number of halogens is 1. The summed E-state index contributed by atoms with van der Waals surface area (Å²) in [5.41, 5.74) is 4.11. The molecular formula is C14H15ClN2S. The molecule has 0 spiro atoms. The first-order valence-electron chi connectivity index (χ1n) is 5.89. The molecule has 2 rings (SSSR count). The Morgan fingerprint density at radius 2 is 2.06 bits per heavy atom. The van der Waals surface area contributed by atoms with Crippen LogP contribution in [0.15, 0.2) is 18.2 Å². The van der Waals surface area contributed by atoms with Gasteiger partial charge in [-0.25, -0.2) is 4.98 Å². The summed E-state index contributed by atoms with van der Waals surface area (Å²) < 4.78 is 0.650. The fourth-order valence-corrected chi connectivity index (χ4v) is 2.18. The number of rotatable bonds is 2. The normalized spacial score (nSPS) is 10.7. The number of aryl methyl sites for hydroxylation is 2. The van der Waals surface area contributed by atoms with Crippen LogP contribution < -0.4 is 0 Å². The molecule has 18 heavy (non-hydrogen) atoms. The van der Waals surface area contributed by atoms with Crippen molar-refractivity contribution in [2.24, 2.45) is 0 Å². The van der Waals surface area contributed by atoms with Crippen LogP contribution in [0.1, 0.15) is 23.9 Å². The smallest absolute Gasteiger partial charge is 0.133 e. The molecule has 94 valence electrons. The Balaban J connectivity index is 2.66. The van der Waals surface area contributed by atoms with Crippen molar-refractivity contribution < 1.29 is 0 Å². The zero-order valence-electron chi connectivity index (χ0n) is 10.7. The van der Waals surface area contributed by atoms with Gasteiger partial charge in [0.2, 0.25) is 0 Å². The predicted molar refractivity (Wildman–Crippen MR) is 78.7 cm³/mol. The molecule has 0 saturated carbocycles. The highest BCUT2D eigenvalue weighted by molar-refractivity contribution is 7.71. The molecule has 0 unspecified atom stereocenters. The second kappa shape index (κ2) is 5.21. The number of nitrogens with zero attached hydrogens (tertiary/aromatic N) is 1. The largest absolute Gasteiger partial charge is 0.343 e. The van der Waals surface area contributed by atoms with Gasteiger partial charge in [0.05, 0.1) is 5.69 Å². The standard InChI is InChI=1S/C14H15ClN2S/c1-4-12-16-13(9(3)14(18)17-12)10-6-5-8(2)11(15)7-10/h5-7H,4H2,1-3H3,(H,16,17,18). The molecule has 0 amide bonds. The van der Waals surface area contributed by atoms with Crippen molar-refractivity contribution >= 4 is 23.8 Å². The van der Waals surface area contributed by atoms with Crippen LogP contribution in [0.25, 0.3) is 11.3 Å². The van der Waals surface area contributed by atoms with Crippen molar-refractivity contribution in [3.05, 3.63) is 44.8 Å². The van der Waals surface area contributed by atoms with Crippen molar-refractivity contribution in [3.63, 3.8) is 0 Å². The summed E-state index contributed by atoms with van der Waals surface area (Å²) in [5, 5.41) is 0.765. The van der Waals surface area contributed by atoms with Gasteiger partial charge in [-0.3, -0.25) is 0 Å². The highest BCUT2D eigenvalue weighted by Crippen LogP contribution is 2.26. The summed E-state index contributed by atoms with van der Waals surface area (Å²) in [7, 11) is 0. The van der Waals surface area contributed by atoms with Gasteiger partial charge in [-0.2, -0.15) is 0 Å². The van der Waals surface area contributed by atoms with Gasteiger partial charge in [-0.15, -0.1) is 0 Å². The van der Waals surface area contributed by atoms with Gasteiger partial charge in [-0.05, 0) is 31.0 Å². The number of benzene rings is 1. The number of nitrogens with one attached hydrogen (secondary N) is 1. The van der Waals surface area contributed by atoms with Crippen molar-refractivity contribution in [3.8, 4) is 11.3 Å². The van der Waals surface area contributed by atoms with Gasteiger partial charge >= 0.3 is 0 Å². The molecule has 0 aliphatic carbocycles. The van der Waals surface area contributed by atoms with Crippen LogP contribution in [0, 0.1) is 18.5 Å². The molecule has 1 aromatic heterocycles. The van der Waals surface area contributed by atoms with E-state index in [4.69, 9.17) is 23.8 Å². The summed E-state index contributed by atoms with van der Waals surface area (Å²) in [5.74, 6) is 0.900. The molecule has 1 N–H and O–H groups in total. The lowest BCUT2D eigenvalue weighted by Crippen LogP contribution is -1.99. The Bertz CT molecular complexity index is 647. The van der Waals surface area contributed by atoms with E-state index in [-0.39, 0.29) is 0 Å². The van der Waals surface area contributed by atoms with E-state index in [0.29, 0.717) is 4.64 Å². The van der Waals surface area contributed by atoms with Crippen LogP contribution in [0.4, 0.5) is 0 Å². The topological polar surface area (TPSA) is 28.7 Å². The fraction of sp³-hybridized carbons (Fsp3) is 0.286. The van der Waals surface area contributed by atoms with Crippen LogP contribution in [0.2, 0.25) is 5.02 Å². The molecule has 2 aromatic rings. The van der Waals surface area contributed by atoms with Gasteiger partial charge in [0.1, 0.15) is 10.5 Å². The SMILES string of the molecule is CCc1nc(=S)c(C)c(-c2ccc(C)c(Cl)c2)[nH]1. The summed E-state index contributed by atoms with van der Waals surface area (Å²) >= 11 is 11.5. The van der Waals surface area contributed by atoms with Crippen LogP contribution in [-0.2, 0) is 6.42 Å². The van der Waals surface area contributed by atoms with E-state index in [0.717, 1.165) is 39.7 Å². The third kappa shape index (κ3) is 2.47. The maximum absolute atomic E-state index is 6.17. The van der Waals surface area contributed by atoms with Crippen LogP contribution in [-0.4, -0.2) is 9.97 Å². The maximum atomic E-state index is 6.17. The summed E-state index contributed by atoms with van der Waals surface area (Å²) in [6, 6.07) is 6.03. The van der Waals surface area contributed by atoms with E-state index >= 15 is 0 Å². The number of aromatic nitrogens is 2. The maximum Gasteiger partial charge on any atom is 0.133 e. The predicted octanol–water partition coefficient (Wildman–Crippen LogP) is 4.64. The average Bonchev–Trinajstić information content (AvgIpc) is 2.36. The summed E-state index contributed by atoms with van der Waals surface area (Å²) in [6.07, 6.45) is 0.830. The van der Waals surface area contributed by atoms with Gasteiger partial charge in [-0.1, -0.05) is 42.9 Å². The molecule has 0 atom stereocenters. The van der Waals surface area contributed by atoms with Crippen LogP contribution in [0.5, 0.6) is 0 Å². The van der Waals surface area contributed by atoms with Crippen LogP contribution in [0.3, 0.4) is 0 Å². The molecule has 4 heteroatoms. The minimum absolute atomic E-state index is 0.650. The monoisotopic (exact) mass is 278 g/mol. The minimum Gasteiger partial charge on any atom is -0.343 e. The van der Waals surface area contributed by atoms with E-state index in [9.17, 15) is 0 Å².